The number of thiophene rings is 1. The van der Waals surface area contributed by atoms with Crippen LogP contribution in [-0.2, 0) is 22.0 Å². The predicted octanol–water partition coefficient (Wildman–Crippen LogP) is 1.91. The summed E-state index contributed by atoms with van der Waals surface area (Å²) in [5.74, 6) is 0. The zero-order valence-electron chi connectivity index (χ0n) is 15.5. The zero-order chi connectivity index (χ0) is 19.8. The number of aryl methyl sites for hydroxylation is 3. The zero-order valence-corrected chi connectivity index (χ0v) is 17.1. The Morgan fingerprint density at radius 2 is 2.04 bits per heavy atom. The van der Waals surface area contributed by atoms with Crippen molar-refractivity contribution in [3.8, 4) is 0 Å². The number of amides is 2. The van der Waals surface area contributed by atoms with Gasteiger partial charge in [0.1, 0.15) is 0 Å². The van der Waals surface area contributed by atoms with E-state index in [2.05, 4.69) is 5.10 Å². The summed E-state index contributed by atoms with van der Waals surface area (Å²) in [6.45, 7) is 4.51. The molecule has 0 unspecified atom stereocenters. The molecule has 1 saturated heterocycles. The van der Waals surface area contributed by atoms with Crippen LogP contribution in [0.4, 0.5) is 16.2 Å². The molecule has 1 aliphatic rings. The normalized spacial score (nSPS) is 15.7. The Bertz CT molecular complexity index is 931. The van der Waals surface area contributed by atoms with Crippen LogP contribution in [0.5, 0.6) is 0 Å². The molecule has 0 aliphatic carbocycles. The highest BCUT2D eigenvalue weighted by Crippen LogP contribution is 2.35. The van der Waals surface area contributed by atoms with E-state index in [0.717, 1.165) is 4.88 Å². The van der Waals surface area contributed by atoms with Gasteiger partial charge in [-0.2, -0.15) is 17.8 Å². The lowest BCUT2D eigenvalue weighted by molar-refractivity contribution is 0.0875. The van der Waals surface area contributed by atoms with Crippen LogP contribution >= 0.6 is 11.3 Å². The lowest BCUT2D eigenvalue weighted by Crippen LogP contribution is -2.54. The molecular weight excluding hydrogens is 390 g/mol. The Kier molecular flexibility index (Phi) is 5.45. The van der Waals surface area contributed by atoms with Crippen LogP contribution in [0.1, 0.15) is 22.6 Å². The van der Waals surface area contributed by atoms with Gasteiger partial charge in [0.15, 0.2) is 0 Å². The maximum atomic E-state index is 13.6. The predicted molar refractivity (Wildman–Crippen MR) is 104 cm³/mol. The molecule has 3 rings (SSSR count). The third kappa shape index (κ3) is 3.80. The fourth-order valence-electron chi connectivity index (χ4n) is 3.24. The van der Waals surface area contributed by atoms with E-state index in [1.165, 1.54) is 26.5 Å². The number of urea groups is 1. The Morgan fingerprint density at radius 1 is 1.37 bits per heavy atom. The van der Waals surface area contributed by atoms with Crippen molar-refractivity contribution in [1.29, 1.82) is 0 Å². The van der Waals surface area contributed by atoms with Crippen molar-refractivity contribution in [3.63, 3.8) is 0 Å². The molecule has 0 bridgehead atoms. The molecular formula is C16H23N5O4S2. The van der Waals surface area contributed by atoms with Crippen molar-refractivity contribution in [1.82, 2.24) is 9.78 Å². The molecule has 0 saturated carbocycles. The van der Waals surface area contributed by atoms with E-state index >= 15 is 0 Å². The third-order valence-electron chi connectivity index (χ3n) is 4.38. The van der Waals surface area contributed by atoms with Crippen molar-refractivity contribution < 1.29 is 17.9 Å². The fourth-order valence-corrected chi connectivity index (χ4v) is 5.99. The summed E-state index contributed by atoms with van der Waals surface area (Å²) in [7, 11) is -2.57. The number of ether oxygens (including phenoxy) is 1. The summed E-state index contributed by atoms with van der Waals surface area (Å²) < 4.78 is 36.1. The molecule has 1 fully saturated rings. The summed E-state index contributed by atoms with van der Waals surface area (Å²) in [6.07, 6.45) is 4.11. The standard InChI is InChI=1S/C16H23N5O4S2/c1-11-8-15(12(2)26-11)21(16(17)22)27(23,24)20(13-4-6-25-7-5-13)14-9-18-19(3)10-14/h8-10,13H,4-7H2,1-3H3,(H2,17,22). The Labute approximate surface area is 162 Å². The smallest absolute Gasteiger partial charge is 0.334 e. The van der Waals surface area contributed by atoms with Crippen LogP contribution in [-0.4, -0.2) is 43.5 Å². The molecule has 9 nitrogen and oxygen atoms in total. The highest BCUT2D eigenvalue weighted by Gasteiger charge is 2.40. The number of aromatic nitrogens is 2. The third-order valence-corrected chi connectivity index (χ3v) is 7.18. The van der Waals surface area contributed by atoms with Gasteiger partial charge in [0, 0.05) is 36.2 Å². The van der Waals surface area contributed by atoms with Gasteiger partial charge in [-0.1, -0.05) is 0 Å². The molecule has 2 aromatic heterocycles. The molecule has 2 aromatic rings. The van der Waals surface area contributed by atoms with Gasteiger partial charge in [0.05, 0.1) is 23.6 Å². The minimum atomic E-state index is -4.27. The van der Waals surface area contributed by atoms with Crippen molar-refractivity contribution in [2.75, 3.05) is 21.8 Å². The number of carbonyl (C=O) groups excluding carboxylic acids is 1. The number of carbonyl (C=O) groups is 1. The van der Waals surface area contributed by atoms with Crippen LogP contribution in [0.2, 0.25) is 0 Å². The molecule has 2 amide bonds. The first-order valence-electron chi connectivity index (χ1n) is 8.49. The van der Waals surface area contributed by atoms with Gasteiger partial charge in [-0.05, 0) is 32.8 Å². The van der Waals surface area contributed by atoms with Crippen LogP contribution in [0, 0.1) is 13.8 Å². The van der Waals surface area contributed by atoms with Gasteiger partial charge in [-0.15, -0.1) is 11.3 Å². The quantitative estimate of drug-likeness (QED) is 0.805. The van der Waals surface area contributed by atoms with Crippen molar-refractivity contribution >= 4 is 39.0 Å². The van der Waals surface area contributed by atoms with E-state index in [-0.39, 0.29) is 11.7 Å². The van der Waals surface area contributed by atoms with Gasteiger partial charge in [-0.3, -0.25) is 4.68 Å². The number of hydrogen-bond acceptors (Lipinski definition) is 6. The van der Waals surface area contributed by atoms with Gasteiger partial charge >= 0.3 is 16.2 Å². The fraction of sp³-hybridized carbons (Fsp3) is 0.500. The first kappa shape index (κ1) is 19.6. The number of nitrogens with zero attached hydrogens (tertiary/aromatic N) is 4. The summed E-state index contributed by atoms with van der Waals surface area (Å²) in [5.41, 5.74) is 6.20. The Morgan fingerprint density at radius 3 is 2.52 bits per heavy atom. The summed E-state index contributed by atoms with van der Waals surface area (Å²) >= 11 is 1.41. The molecule has 0 spiro atoms. The van der Waals surface area contributed by atoms with E-state index in [1.54, 1.807) is 26.2 Å². The van der Waals surface area contributed by atoms with E-state index in [1.807, 2.05) is 6.92 Å². The second-order valence-corrected chi connectivity index (χ2v) is 9.54. The molecule has 1 aliphatic heterocycles. The highest BCUT2D eigenvalue weighted by molar-refractivity contribution is 7.95. The van der Waals surface area contributed by atoms with Gasteiger partial charge < -0.3 is 10.5 Å². The lowest BCUT2D eigenvalue weighted by atomic mass is 10.1. The SMILES string of the molecule is Cc1cc(N(C(N)=O)S(=O)(=O)N(c2cnn(C)c2)C2CCOCC2)c(C)s1. The van der Waals surface area contributed by atoms with E-state index in [9.17, 15) is 13.2 Å². The van der Waals surface area contributed by atoms with Crippen LogP contribution < -0.4 is 14.3 Å². The number of primary amides is 1. The largest absolute Gasteiger partial charge is 0.381 e. The van der Waals surface area contributed by atoms with Crippen LogP contribution in [0.25, 0.3) is 0 Å². The summed E-state index contributed by atoms with van der Waals surface area (Å²) in [6, 6.07) is 0.264. The van der Waals surface area contributed by atoms with Gasteiger partial charge in [0.25, 0.3) is 0 Å². The maximum Gasteiger partial charge on any atom is 0.334 e. The maximum absolute atomic E-state index is 13.6. The molecule has 2 N–H and O–H groups in total. The number of nitrogens with two attached hydrogens (primary N) is 1. The minimum absolute atomic E-state index is 0.283. The lowest BCUT2D eigenvalue weighted by Gasteiger charge is -2.36. The molecule has 11 heteroatoms. The monoisotopic (exact) mass is 413 g/mol. The van der Waals surface area contributed by atoms with Crippen molar-refractivity contribution in [2.24, 2.45) is 12.8 Å². The van der Waals surface area contributed by atoms with Crippen LogP contribution in [0.15, 0.2) is 18.5 Å². The number of rotatable bonds is 5. The Hall–Kier alpha value is -2.11. The van der Waals surface area contributed by atoms with E-state index in [0.29, 0.717) is 40.9 Å². The van der Waals surface area contributed by atoms with Crippen LogP contribution in [0.3, 0.4) is 0 Å². The molecule has 148 valence electrons. The molecule has 3 heterocycles. The average molecular weight is 414 g/mol. The second kappa shape index (κ2) is 7.49. The van der Waals surface area contributed by atoms with Crippen molar-refractivity contribution in [2.45, 2.75) is 32.7 Å². The Balaban J connectivity index is 2.12. The van der Waals surface area contributed by atoms with E-state index in [4.69, 9.17) is 10.5 Å². The van der Waals surface area contributed by atoms with Crippen molar-refractivity contribution in [3.05, 3.63) is 28.2 Å². The molecule has 0 aromatic carbocycles. The van der Waals surface area contributed by atoms with Gasteiger partial charge in [0.2, 0.25) is 0 Å². The first-order chi connectivity index (χ1) is 12.7. The summed E-state index contributed by atoms with van der Waals surface area (Å²) in [5, 5.41) is 4.09. The first-order valence-corrected chi connectivity index (χ1v) is 10.7. The molecule has 0 radical (unpaired) electrons. The number of anilines is 2. The summed E-state index contributed by atoms with van der Waals surface area (Å²) in [4.78, 5) is 13.8. The molecule has 0 atom stereocenters. The highest BCUT2D eigenvalue weighted by atomic mass is 32.2. The average Bonchev–Trinajstić information content (AvgIpc) is 3.13. The number of hydrogen-bond donors (Lipinski definition) is 1. The van der Waals surface area contributed by atoms with E-state index < -0.39 is 16.2 Å². The van der Waals surface area contributed by atoms with Gasteiger partial charge in [-0.25, -0.2) is 9.10 Å². The minimum Gasteiger partial charge on any atom is -0.381 e. The topological polar surface area (TPSA) is 111 Å². The molecule has 27 heavy (non-hydrogen) atoms. The second-order valence-electron chi connectivity index (χ2n) is 6.42.